The van der Waals surface area contributed by atoms with Gasteiger partial charge in [0.2, 0.25) is 0 Å². The Morgan fingerprint density at radius 2 is 2.06 bits per heavy atom. The van der Waals surface area contributed by atoms with E-state index in [2.05, 4.69) is 5.32 Å². The van der Waals surface area contributed by atoms with Crippen molar-refractivity contribution in [2.75, 3.05) is 20.2 Å². The van der Waals surface area contributed by atoms with E-state index in [1.54, 1.807) is 6.07 Å². The van der Waals surface area contributed by atoms with Gasteiger partial charge in [0.25, 0.3) is 0 Å². The summed E-state index contributed by atoms with van der Waals surface area (Å²) in [6, 6.07) is 3.94. The third-order valence-electron chi connectivity index (χ3n) is 3.02. The molecule has 0 bridgehead atoms. The van der Waals surface area contributed by atoms with Crippen LogP contribution in [0.3, 0.4) is 0 Å². The van der Waals surface area contributed by atoms with Crippen LogP contribution >= 0.6 is 0 Å². The molecule has 1 N–H and O–H groups in total. The van der Waals surface area contributed by atoms with Crippen LogP contribution in [0.1, 0.15) is 23.5 Å². The Morgan fingerprint density at radius 1 is 1.29 bits per heavy atom. The molecule has 94 valence electrons. The lowest BCUT2D eigenvalue weighted by molar-refractivity contribution is -0.137. The van der Waals surface area contributed by atoms with Crippen LogP contribution in [0.2, 0.25) is 0 Å². The topological polar surface area (TPSA) is 21.3 Å². The van der Waals surface area contributed by atoms with Crippen LogP contribution in [0.15, 0.2) is 18.2 Å². The Balaban J connectivity index is 2.38. The van der Waals surface area contributed by atoms with Gasteiger partial charge >= 0.3 is 6.18 Å². The number of alkyl halides is 3. The first-order valence-corrected chi connectivity index (χ1v) is 5.47. The van der Waals surface area contributed by atoms with E-state index in [9.17, 15) is 13.2 Å². The standard InChI is InChI=1S/C12H14F3NO/c1-17-11-5-9(8-2-3-16-7-8)4-10(6-11)12(13,14)15/h4-6,8,16H,2-3,7H2,1H3. The first kappa shape index (κ1) is 12.2. The van der Waals surface area contributed by atoms with Gasteiger partial charge in [0.05, 0.1) is 12.7 Å². The second kappa shape index (κ2) is 4.56. The molecular formula is C12H14F3NO. The number of methoxy groups -OCH3 is 1. The van der Waals surface area contributed by atoms with Crippen molar-refractivity contribution >= 4 is 0 Å². The summed E-state index contributed by atoms with van der Waals surface area (Å²) in [5.74, 6) is 0.410. The fourth-order valence-electron chi connectivity index (χ4n) is 2.08. The molecule has 0 aromatic heterocycles. The molecule has 2 nitrogen and oxygen atoms in total. The molecule has 1 aliphatic heterocycles. The quantitative estimate of drug-likeness (QED) is 0.865. The van der Waals surface area contributed by atoms with Crippen molar-refractivity contribution in [2.24, 2.45) is 0 Å². The van der Waals surface area contributed by atoms with E-state index >= 15 is 0 Å². The Morgan fingerprint density at radius 3 is 2.59 bits per heavy atom. The molecule has 17 heavy (non-hydrogen) atoms. The van der Waals surface area contributed by atoms with Gasteiger partial charge < -0.3 is 10.1 Å². The molecule has 1 atom stereocenters. The highest BCUT2D eigenvalue weighted by Crippen LogP contribution is 2.35. The van der Waals surface area contributed by atoms with Crippen molar-refractivity contribution in [3.05, 3.63) is 29.3 Å². The van der Waals surface area contributed by atoms with Gasteiger partial charge in [-0.25, -0.2) is 0 Å². The maximum absolute atomic E-state index is 12.7. The minimum absolute atomic E-state index is 0.145. The summed E-state index contributed by atoms with van der Waals surface area (Å²) in [7, 11) is 1.38. The van der Waals surface area contributed by atoms with Crippen LogP contribution in [0.25, 0.3) is 0 Å². The van der Waals surface area contributed by atoms with Crippen molar-refractivity contribution in [1.82, 2.24) is 5.32 Å². The zero-order valence-electron chi connectivity index (χ0n) is 9.47. The van der Waals surface area contributed by atoms with Crippen LogP contribution in [0, 0.1) is 0 Å². The largest absolute Gasteiger partial charge is 0.497 e. The molecule has 0 radical (unpaired) electrons. The van der Waals surface area contributed by atoms with Crippen LogP contribution < -0.4 is 10.1 Å². The van der Waals surface area contributed by atoms with Crippen LogP contribution in [0.4, 0.5) is 13.2 Å². The van der Waals surface area contributed by atoms with Gasteiger partial charge in [-0.1, -0.05) is 0 Å². The highest BCUT2D eigenvalue weighted by molar-refractivity contribution is 5.38. The third-order valence-corrected chi connectivity index (χ3v) is 3.02. The third kappa shape index (κ3) is 2.72. The highest BCUT2D eigenvalue weighted by Gasteiger charge is 2.32. The molecule has 2 rings (SSSR count). The second-order valence-electron chi connectivity index (χ2n) is 4.18. The lowest BCUT2D eigenvalue weighted by Crippen LogP contribution is -2.10. The summed E-state index contributed by atoms with van der Waals surface area (Å²) in [5, 5.41) is 3.14. The van der Waals surface area contributed by atoms with Crippen LogP contribution in [0.5, 0.6) is 5.75 Å². The molecule has 1 heterocycles. The van der Waals surface area contributed by atoms with Gasteiger partial charge in [-0.05, 0) is 42.6 Å². The minimum Gasteiger partial charge on any atom is -0.497 e. The number of rotatable bonds is 2. The molecule has 1 aromatic carbocycles. The fourth-order valence-corrected chi connectivity index (χ4v) is 2.08. The monoisotopic (exact) mass is 245 g/mol. The molecule has 1 saturated heterocycles. The van der Waals surface area contributed by atoms with Crippen molar-refractivity contribution < 1.29 is 17.9 Å². The lowest BCUT2D eigenvalue weighted by Gasteiger charge is -2.15. The van der Waals surface area contributed by atoms with Crippen LogP contribution in [-0.4, -0.2) is 20.2 Å². The highest BCUT2D eigenvalue weighted by atomic mass is 19.4. The molecule has 0 aliphatic carbocycles. The van der Waals surface area contributed by atoms with Crippen molar-refractivity contribution in [2.45, 2.75) is 18.5 Å². The normalized spacial score (nSPS) is 20.6. The van der Waals surface area contributed by atoms with E-state index in [1.165, 1.54) is 13.2 Å². The molecule has 0 amide bonds. The summed E-state index contributed by atoms with van der Waals surface area (Å²) in [4.78, 5) is 0. The van der Waals surface area contributed by atoms with Gasteiger partial charge in [-0.15, -0.1) is 0 Å². The van der Waals surface area contributed by atoms with E-state index in [0.717, 1.165) is 25.6 Å². The number of halogens is 3. The average molecular weight is 245 g/mol. The van der Waals surface area contributed by atoms with E-state index in [4.69, 9.17) is 4.74 Å². The molecule has 1 aliphatic rings. The predicted molar refractivity (Wildman–Crippen MR) is 58.2 cm³/mol. The van der Waals surface area contributed by atoms with Gasteiger partial charge in [0.1, 0.15) is 5.75 Å². The minimum atomic E-state index is -4.32. The average Bonchev–Trinajstić information content (AvgIpc) is 2.80. The summed E-state index contributed by atoms with van der Waals surface area (Å²) >= 11 is 0. The first-order valence-electron chi connectivity index (χ1n) is 5.47. The van der Waals surface area contributed by atoms with Crippen LogP contribution in [-0.2, 0) is 6.18 Å². The van der Waals surface area contributed by atoms with Crippen molar-refractivity contribution in [3.63, 3.8) is 0 Å². The summed E-state index contributed by atoms with van der Waals surface area (Å²) in [6.45, 7) is 1.58. The lowest BCUT2D eigenvalue weighted by atomic mass is 9.96. The zero-order valence-corrected chi connectivity index (χ0v) is 9.47. The van der Waals surface area contributed by atoms with E-state index < -0.39 is 11.7 Å². The fraction of sp³-hybridized carbons (Fsp3) is 0.500. The molecule has 0 saturated carbocycles. The molecular weight excluding hydrogens is 231 g/mol. The number of hydrogen-bond acceptors (Lipinski definition) is 2. The molecule has 1 unspecified atom stereocenters. The Kier molecular flexibility index (Phi) is 3.28. The van der Waals surface area contributed by atoms with E-state index in [0.29, 0.717) is 5.56 Å². The summed E-state index contributed by atoms with van der Waals surface area (Å²) in [6.07, 6.45) is -3.46. The maximum atomic E-state index is 12.7. The Bertz CT molecular complexity index is 397. The van der Waals surface area contributed by atoms with Gasteiger partial charge in [0, 0.05) is 6.54 Å². The molecule has 1 aromatic rings. The summed E-state index contributed by atoms with van der Waals surface area (Å²) in [5.41, 5.74) is 0.0559. The number of ether oxygens (including phenoxy) is 1. The Hall–Kier alpha value is -1.23. The predicted octanol–water partition coefficient (Wildman–Crippen LogP) is 2.79. The number of hydrogen-bond donors (Lipinski definition) is 1. The summed E-state index contributed by atoms with van der Waals surface area (Å²) < 4.78 is 43.0. The van der Waals surface area contributed by atoms with E-state index in [-0.39, 0.29) is 11.7 Å². The van der Waals surface area contributed by atoms with Gasteiger partial charge in [-0.2, -0.15) is 13.2 Å². The SMILES string of the molecule is COc1cc(C2CCNC2)cc(C(F)(F)F)c1. The molecule has 0 spiro atoms. The molecule has 1 fully saturated rings. The Labute approximate surface area is 97.8 Å². The zero-order chi connectivity index (χ0) is 12.5. The first-order chi connectivity index (χ1) is 8.00. The smallest absolute Gasteiger partial charge is 0.416 e. The number of benzene rings is 1. The second-order valence-corrected chi connectivity index (χ2v) is 4.18. The van der Waals surface area contributed by atoms with Crippen molar-refractivity contribution in [1.29, 1.82) is 0 Å². The number of nitrogens with one attached hydrogen (secondary N) is 1. The van der Waals surface area contributed by atoms with Crippen molar-refractivity contribution in [3.8, 4) is 5.75 Å². The van der Waals surface area contributed by atoms with Gasteiger partial charge in [-0.3, -0.25) is 0 Å². The molecule has 5 heteroatoms. The maximum Gasteiger partial charge on any atom is 0.416 e. The van der Waals surface area contributed by atoms with Gasteiger partial charge in [0.15, 0.2) is 0 Å². The van der Waals surface area contributed by atoms with E-state index in [1.807, 2.05) is 0 Å².